The predicted octanol–water partition coefficient (Wildman–Crippen LogP) is 3.89. The van der Waals surface area contributed by atoms with E-state index in [1.807, 2.05) is 0 Å². The second-order valence-corrected chi connectivity index (χ2v) is 4.48. The van der Waals surface area contributed by atoms with Crippen molar-refractivity contribution in [3.63, 3.8) is 0 Å². The van der Waals surface area contributed by atoms with Gasteiger partial charge in [0.2, 0.25) is 0 Å². The fourth-order valence-corrected chi connectivity index (χ4v) is 2.11. The van der Waals surface area contributed by atoms with E-state index in [0.717, 1.165) is 38.9 Å². The molecule has 0 bridgehead atoms. The molecule has 2 nitrogen and oxygen atoms in total. The van der Waals surface area contributed by atoms with E-state index in [2.05, 4.69) is 13.8 Å². The summed E-state index contributed by atoms with van der Waals surface area (Å²) < 4.78 is 11.8. The molecule has 0 unspecified atom stereocenters. The first-order chi connectivity index (χ1) is 7.33. The molecule has 90 valence electrons. The fourth-order valence-electron chi connectivity index (χ4n) is 2.11. The van der Waals surface area contributed by atoms with Gasteiger partial charge >= 0.3 is 0 Å². The zero-order valence-electron chi connectivity index (χ0n) is 10.4. The Morgan fingerprint density at radius 2 is 1.60 bits per heavy atom. The van der Waals surface area contributed by atoms with Gasteiger partial charge in [-0.2, -0.15) is 0 Å². The molecule has 0 aromatic heterocycles. The summed E-state index contributed by atoms with van der Waals surface area (Å²) in [5, 5.41) is 0. The first-order valence-corrected chi connectivity index (χ1v) is 6.61. The van der Waals surface area contributed by atoms with Gasteiger partial charge in [0.1, 0.15) is 0 Å². The standard InChI is InChI=1S/C13H26O2/c1-3-5-6-7-10-13(4-2)14-11-8-9-12-15-13/h3-12H2,1-2H3. The number of hydrogen-bond acceptors (Lipinski definition) is 2. The third-order valence-electron chi connectivity index (χ3n) is 3.22. The van der Waals surface area contributed by atoms with E-state index in [0.29, 0.717) is 0 Å². The summed E-state index contributed by atoms with van der Waals surface area (Å²) in [4.78, 5) is 0. The molecule has 2 heteroatoms. The lowest BCUT2D eigenvalue weighted by atomic mass is 10.0. The maximum atomic E-state index is 5.90. The van der Waals surface area contributed by atoms with Crippen LogP contribution in [0, 0.1) is 0 Å². The van der Waals surface area contributed by atoms with Crippen LogP contribution in [-0.4, -0.2) is 19.0 Å². The Kier molecular flexibility index (Phi) is 6.26. The molecule has 1 heterocycles. The first-order valence-electron chi connectivity index (χ1n) is 6.61. The normalized spacial score (nSPS) is 21.2. The quantitative estimate of drug-likeness (QED) is 0.624. The van der Waals surface area contributed by atoms with E-state index >= 15 is 0 Å². The zero-order chi connectivity index (χ0) is 11.0. The van der Waals surface area contributed by atoms with E-state index in [1.165, 1.54) is 25.7 Å². The highest BCUT2D eigenvalue weighted by Gasteiger charge is 2.30. The molecule has 0 aromatic carbocycles. The number of rotatable bonds is 6. The molecule has 0 spiro atoms. The summed E-state index contributed by atoms with van der Waals surface area (Å²) >= 11 is 0. The number of unbranched alkanes of at least 4 members (excludes halogenated alkanes) is 3. The van der Waals surface area contributed by atoms with Gasteiger partial charge in [0, 0.05) is 6.42 Å². The summed E-state index contributed by atoms with van der Waals surface area (Å²) in [6, 6.07) is 0. The van der Waals surface area contributed by atoms with Crippen molar-refractivity contribution in [3.05, 3.63) is 0 Å². The second kappa shape index (κ2) is 7.24. The van der Waals surface area contributed by atoms with Crippen LogP contribution in [0.3, 0.4) is 0 Å². The predicted molar refractivity (Wildman–Crippen MR) is 62.9 cm³/mol. The Balaban J connectivity index is 2.29. The van der Waals surface area contributed by atoms with Gasteiger partial charge in [-0.15, -0.1) is 0 Å². The van der Waals surface area contributed by atoms with Crippen LogP contribution in [0.5, 0.6) is 0 Å². The van der Waals surface area contributed by atoms with Gasteiger partial charge in [-0.25, -0.2) is 0 Å². The smallest absolute Gasteiger partial charge is 0.168 e. The van der Waals surface area contributed by atoms with Gasteiger partial charge in [0.25, 0.3) is 0 Å². The average Bonchev–Trinajstić information content (AvgIpc) is 2.51. The van der Waals surface area contributed by atoms with Crippen molar-refractivity contribution < 1.29 is 9.47 Å². The molecule has 0 saturated carbocycles. The minimum Gasteiger partial charge on any atom is -0.350 e. The van der Waals surface area contributed by atoms with Crippen molar-refractivity contribution >= 4 is 0 Å². The highest BCUT2D eigenvalue weighted by molar-refractivity contribution is 4.70. The lowest BCUT2D eigenvalue weighted by molar-refractivity contribution is -0.231. The average molecular weight is 214 g/mol. The lowest BCUT2D eigenvalue weighted by Gasteiger charge is -2.31. The molecule has 1 aliphatic rings. The van der Waals surface area contributed by atoms with Gasteiger partial charge in [-0.1, -0.05) is 33.1 Å². The molecule has 0 aromatic rings. The van der Waals surface area contributed by atoms with E-state index in [9.17, 15) is 0 Å². The van der Waals surface area contributed by atoms with Gasteiger partial charge in [0.05, 0.1) is 13.2 Å². The molecule has 0 atom stereocenters. The second-order valence-electron chi connectivity index (χ2n) is 4.48. The lowest BCUT2D eigenvalue weighted by Crippen LogP contribution is -2.34. The molecule has 0 N–H and O–H groups in total. The number of ether oxygens (including phenoxy) is 2. The van der Waals surface area contributed by atoms with Crippen molar-refractivity contribution in [2.24, 2.45) is 0 Å². The molecular formula is C13H26O2. The Morgan fingerprint density at radius 1 is 0.933 bits per heavy atom. The van der Waals surface area contributed by atoms with Gasteiger partial charge in [-0.3, -0.25) is 0 Å². The molecule has 1 fully saturated rings. The topological polar surface area (TPSA) is 18.5 Å². The van der Waals surface area contributed by atoms with Crippen molar-refractivity contribution in [1.82, 2.24) is 0 Å². The molecule has 1 saturated heterocycles. The van der Waals surface area contributed by atoms with Crippen molar-refractivity contribution in [2.75, 3.05) is 13.2 Å². The van der Waals surface area contributed by atoms with Gasteiger partial charge in [-0.05, 0) is 25.7 Å². The minimum absolute atomic E-state index is 0.246. The highest BCUT2D eigenvalue weighted by Crippen LogP contribution is 2.28. The van der Waals surface area contributed by atoms with Crippen LogP contribution >= 0.6 is 0 Å². The zero-order valence-corrected chi connectivity index (χ0v) is 10.4. The number of hydrogen-bond donors (Lipinski definition) is 0. The van der Waals surface area contributed by atoms with Crippen LogP contribution in [0.4, 0.5) is 0 Å². The van der Waals surface area contributed by atoms with E-state index < -0.39 is 0 Å². The summed E-state index contributed by atoms with van der Waals surface area (Å²) in [5.74, 6) is -0.246. The first kappa shape index (κ1) is 13.0. The summed E-state index contributed by atoms with van der Waals surface area (Å²) in [5.41, 5.74) is 0. The van der Waals surface area contributed by atoms with Crippen LogP contribution in [0.2, 0.25) is 0 Å². The maximum Gasteiger partial charge on any atom is 0.168 e. The van der Waals surface area contributed by atoms with Gasteiger partial charge in [0.15, 0.2) is 5.79 Å². The summed E-state index contributed by atoms with van der Waals surface area (Å²) in [7, 11) is 0. The van der Waals surface area contributed by atoms with Crippen LogP contribution in [0.15, 0.2) is 0 Å². The molecular weight excluding hydrogens is 188 g/mol. The minimum atomic E-state index is -0.246. The molecule has 0 radical (unpaired) electrons. The van der Waals surface area contributed by atoms with Crippen molar-refractivity contribution in [1.29, 1.82) is 0 Å². The molecule has 15 heavy (non-hydrogen) atoms. The monoisotopic (exact) mass is 214 g/mol. The van der Waals surface area contributed by atoms with Crippen LogP contribution < -0.4 is 0 Å². The fraction of sp³-hybridized carbons (Fsp3) is 1.00. The van der Waals surface area contributed by atoms with E-state index in [4.69, 9.17) is 9.47 Å². The van der Waals surface area contributed by atoms with Crippen molar-refractivity contribution in [2.45, 2.75) is 71.0 Å². The molecule has 1 aliphatic heterocycles. The van der Waals surface area contributed by atoms with Crippen LogP contribution in [0.25, 0.3) is 0 Å². The highest BCUT2D eigenvalue weighted by atomic mass is 16.7. The Hall–Kier alpha value is -0.0800. The Morgan fingerprint density at radius 3 is 2.13 bits per heavy atom. The summed E-state index contributed by atoms with van der Waals surface area (Å²) in [6.07, 6.45) is 9.53. The van der Waals surface area contributed by atoms with Crippen LogP contribution in [0.1, 0.15) is 65.2 Å². The van der Waals surface area contributed by atoms with Crippen LogP contribution in [-0.2, 0) is 9.47 Å². The van der Waals surface area contributed by atoms with E-state index in [1.54, 1.807) is 0 Å². The SMILES string of the molecule is CCCCCCC1(CC)OCCCCO1. The Bertz CT molecular complexity index is 149. The third kappa shape index (κ3) is 4.52. The molecule has 0 amide bonds. The van der Waals surface area contributed by atoms with Crippen molar-refractivity contribution in [3.8, 4) is 0 Å². The van der Waals surface area contributed by atoms with E-state index in [-0.39, 0.29) is 5.79 Å². The Labute approximate surface area is 94.3 Å². The van der Waals surface area contributed by atoms with Gasteiger partial charge < -0.3 is 9.47 Å². The maximum absolute atomic E-state index is 5.90. The largest absolute Gasteiger partial charge is 0.350 e. The molecule has 1 rings (SSSR count). The summed E-state index contributed by atoms with van der Waals surface area (Å²) in [6.45, 7) is 6.17. The molecule has 0 aliphatic carbocycles. The third-order valence-corrected chi connectivity index (χ3v) is 3.22.